The van der Waals surface area contributed by atoms with E-state index in [0.29, 0.717) is 11.1 Å². The molecule has 0 aromatic heterocycles. The largest absolute Gasteiger partial charge is 0.507 e. The summed E-state index contributed by atoms with van der Waals surface area (Å²) in [7, 11) is 0. The lowest BCUT2D eigenvalue weighted by molar-refractivity contribution is 0.390. The molecule has 1 aliphatic rings. The molecule has 0 amide bonds. The highest BCUT2D eigenvalue weighted by molar-refractivity contribution is 5.87. The molecule has 0 saturated heterocycles. The molecule has 2 N–H and O–H groups in total. The molecular weight excluding hydrogens is 733 g/mol. The van der Waals surface area contributed by atoms with Crippen molar-refractivity contribution < 1.29 is 10.2 Å². The molecule has 60 heavy (non-hydrogen) atoms. The third-order valence-electron chi connectivity index (χ3n) is 13.0. The Kier molecular flexibility index (Phi) is 12.1. The summed E-state index contributed by atoms with van der Waals surface area (Å²) in [5.74, 6) is 0.489. The Hall–Kier alpha value is -5.74. The molecule has 2 atom stereocenters. The maximum absolute atomic E-state index is 12.3. The SMILES string of the molecule is CC(C)(C)c1cc(C=N[C@@H]2CCCC[C@H]2N=Cc2cc(C(C)(C)C)cc(C(C)(c3ccccc3)c3ccccc3)c2O)c(O)c(C(C)(c2ccccc2)c2ccccc2)c1. The van der Waals surface area contributed by atoms with Crippen molar-refractivity contribution in [2.45, 2.75) is 115 Å². The molecule has 6 aromatic rings. The van der Waals surface area contributed by atoms with Crippen LogP contribution < -0.4 is 0 Å². The number of aromatic hydroxyl groups is 2. The average Bonchev–Trinajstić information content (AvgIpc) is 3.26. The van der Waals surface area contributed by atoms with Crippen molar-refractivity contribution in [3.8, 4) is 11.5 Å². The van der Waals surface area contributed by atoms with E-state index in [9.17, 15) is 10.2 Å². The van der Waals surface area contributed by atoms with Crippen LogP contribution in [0.5, 0.6) is 11.5 Å². The Bertz CT molecular complexity index is 2190. The second kappa shape index (κ2) is 17.1. The van der Waals surface area contributed by atoms with Crippen molar-refractivity contribution in [2.75, 3.05) is 0 Å². The predicted molar refractivity (Wildman–Crippen MR) is 252 cm³/mol. The summed E-state index contributed by atoms with van der Waals surface area (Å²) in [6.45, 7) is 17.7. The first kappa shape index (κ1) is 42.4. The minimum absolute atomic E-state index is 0.0721. The molecule has 308 valence electrons. The standard InChI is InChI=1S/C56H62N2O2/c1-53(2,3)45-33-39(51(59)47(35-45)55(7,41-23-13-9-14-24-41)42-25-15-10-16-26-42)37-57-49-31-21-22-32-50(49)58-38-40-34-46(54(4,5)6)36-48(52(40)60)56(8,43-27-17-11-18-28-43)44-29-19-12-20-30-44/h9-20,23-30,33-38,49-50,59-60H,21-22,31-32H2,1-8H3/t49-,50-/m1/s1. The van der Waals surface area contributed by atoms with Gasteiger partial charge < -0.3 is 10.2 Å². The first-order valence-electron chi connectivity index (χ1n) is 21.7. The maximum atomic E-state index is 12.3. The number of nitrogens with zero attached hydrogens (tertiary/aromatic N) is 2. The Morgan fingerprint density at radius 2 is 0.700 bits per heavy atom. The highest BCUT2D eigenvalue weighted by atomic mass is 16.3. The van der Waals surface area contributed by atoms with Gasteiger partial charge >= 0.3 is 0 Å². The number of hydrogen-bond donors (Lipinski definition) is 2. The number of aliphatic imine (C=N–C) groups is 2. The van der Waals surface area contributed by atoms with Crippen molar-refractivity contribution in [3.63, 3.8) is 0 Å². The number of benzene rings is 6. The van der Waals surface area contributed by atoms with Crippen molar-refractivity contribution in [2.24, 2.45) is 9.98 Å². The van der Waals surface area contributed by atoms with E-state index in [0.717, 1.165) is 70.2 Å². The first-order chi connectivity index (χ1) is 28.6. The maximum Gasteiger partial charge on any atom is 0.128 e. The van der Waals surface area contributed by atoms with Gasteiger partial charge in [-0.25, -0.2) is 0 Å². The molecule has 0 unspecified atom stereocenters. The third-order valence-corrected chi connectivity index (χ3v) is 13.0. The summed E-state index contributed by atoms with van der Waals surface area (Å²) >= 11 is 0. The summed E-state index contributed by atoms with van der Waals surface area (Å²) in [6, 6.07) is 50.3. The molecule has 4 heteroatoms. The van der Waals surface area contributed by atoms with Crippen LogP contribution in [0.2, 0.25) is 0 Å². The van der Waals surface area contributed by atoms with Gasteiger partial charge in [0.25, 0.3) is 0 Å². The summed E-state index contributed by atoms with van der Waals surface area (Å²) in [6.07, 6.45) is 7.71. The molecule has 0 aliphatic heterocycles. The Morgan fingerprint density at radius 3 is 0.967 bits per heavy atom. The highest BCUT2D eigenvalue weighted by Gasteiger charge is 2.37. The van der Waals surface area contributed by atoms with E-state index in [1.807, 2.05) is 36.7 Å². The second-order valence-corrected chi connectivity index (χ2v) is 19.1. The molecule has 1 fully saturated rings. The monoisotopic (exact) mass is 794 g/mol. The highest BCUT2D eigenvalue weighted by Crippen LogP contribution is 2.47. The molecule has 1 aliphatic carbocycles. The van der Waals surface area contributed by atoms with Gasteiger partial charge in [0, 0.05) is 45.5 Å². The van der Waals surface area contributed by atoms with Crippen LogP contribution in [0.1, 0.15) is 137 Å². The van der Waals surface area contributed by atoms with Gasteiger partial charge in [-0.05, 0) is 83.0 Å². The fourth-order valence-corrected chi connectivity index (χ4v) is 8.97. The lowest BCUT2D eigenvalue weighted by Crippen LogP contribution is -2.28. The molecule has 6 aromatic carbocycles. The Balaban J connectivity index is 1.29. The zero-order valence-corrected chi connectivity index (χ0v) is 36.8. The van der Waals surface area contributed by atoms with Gasteiger partial charge in [-0.3, -0.25) is 9.98 Å². The van der Waals surface area contributed by atoms with Crippen molar-refractivity contribution >= 4 is 12.4 Å². The van der Waals surface area contributed by atoms with Crippen LogP contribution >= 0.6 is 0 Å². The smallest absolute Gasteiger partial charge is 0.128 e. The van der Waals surface area contributed by atoms with Gasteiger partial charge in [0.2, 0.25) is 0 Å². The number of hydrogen-bond acceptors (Lipinski definition) is 4. The van der Waals surface area contributed by atoms with Crippen LogP contribution in [0.4, 0.5) is 0 Å². The predicted octanol–water partition coefficient (Wildman–Crippen LogP) is 13.3. The number of phenolic OH excluding ortho intramolecular Hbond substituents is 2. The minimum Gasteiger partial charge on any atom is -0.507 e. The Labute approximate surface area is 358 Å². The van der Waals surface area contributed by atoms with Gasteiger partial charge in [-0.2, -0.15) is 0 Å². The van der Waals surface area contributed by atoms with Crippen LogP contribution in [-0.2, 0) is 21.7 Å². The first-order valence-corrected chi connectivity index (χ1v) is 21.7. The van der Waals surface area contributed by atoms with Crippen LogP contribution in [0.3, 0.4) is 0 Å². The fourth-order valence-electron chi connectivity index (χ4n) is 8.97. The van der Waals surface area contributed by atoms with E-state index in [1.54, 1.807) is 0 Å². The summed E-state index contributed by atoms with van der Waals surface area (Å²) in [5, 5.41) is 24.6. The minimum atomic E-state index is -0.617. The van der Waals surface area contributed by atoms with E-state index in [-0.39, 0.29) is 34.4 Å². The molecule has 7 rings (SSSR count). The van der Waals surface area contributed by atoms with Crippen molar-refractivity contribution in [1.29, 1.82) is 0 Å². The van der Waals surface area contributed by atoms with E-state index in [2.05, 4.69) is 177 Å². The molecule has 1 saturated carbocycles. The fraction of sp³-hybridized carbons (Fsp3) is 0.321. The Morgan fingerprint density at radius 1 is 0.417 bits per heavy atom. The third kappa shape index (κ3) is 8.48. The van der Waals surface area contributed by atoms with E-state index in [4.69, 9.17) is 9.98 Å². The quantitative estimate of drug-likeness (QED) is 0.107. The molecular formula is C56H62N2O2. The van der Waals surface area contributed by atoms with Crippen LogP contribution in [0, 0.1) is 0 Å². The molecule has 0 heterocycles. The number of phenols is 2. The average molecular weight is 795 g/mol. The lowest BCUT2D eigenvalue weighted by Gasteiger charge is -2.34. The van der Waals surface area contributed by atoms with Crippen molar-refractivity contribution in [3.05, 3.63) is 201 Å². The second-order valence-electron chi connectivity index (χ2n) is 19.1. The van der Waals surface area contributed by atoms with Gasteiger partial charge in [0.05, 0.1) is 12.1 Å². The van der Waals surface area contributed by atoms with Crippen LogP contribution in [0.25, 0.3) is 0 Å². The summed E-state index contributed by atoms with van der Waals surface area (Å²) in [5.41, 5.74) is 8.27. The summed E-state index contributed by atoms with van der Waals surface area (Å²) < 4.78 is 0. The van der Waals surface area contributed by atoms with Crippen LogP contribution in [0.15, 0.2) is 156 Å². The van der Waals surface area contributed by atoms with E-state index < -0.39 is 10.8 Å². The topological polar surface area (TPSA) is 65.2 Å². The van der Waals surface area contributed by atoms with E-state index in [1.165, 1.54) is 0 Å². The van der Waals surface area contributed by atoms with E-state index >= 15 is 0 Å². The molecule has 0 radical (unpaired) electrons. The normalized spacial score (nSPS) is 16.7. The lowest BCUT2D eigenvalue weighted by atomic mass is 9.69. The zero-order chi connectivity index (χ0) is 42.7. The van der Waals surface area contributed by atoms with Gasteiger partial charge in [0.1, 0.15) is 11.5 Å². The van der Waals surface area contributed by atoms with Gasteiger partial charge in [-0.15, -0.1) is 0 Å². The van der Waals surface area contributed by atoms with Gasteiger partial charge in [-0.1, -0.05) is 188 Å². The molecule has 4 nitrogen and oxygen atoms in total. The van der Waals surface area contributed by atoms with Crippen molar-refractivity contribution in [1.82, 2.24) is 0 Å². The molecule has 0 spiro atoms. The number of rotatable bonds is 10. The summed E-state index contributed by atoms with van der Waals surface area (Å²) in [4.78, 5) is 10.5. The molecule has 0 bridgehead atoms. The van der Waals surface area contributed by atoms with Gasteiger partial charge in [0.15, 0.2) is 0 Å². The zero-order valence-electron chi connectivity index (χ0n) is 36.8. The van der Waals surface area contributed by atoms with Crippen LogP contribution in [-0.4, -0.2) is 34.7 Å².